The molecule has 28 heavy (non-hydrogen) atoms. The summed E-state index contributed by atoms with van der Waals surface area (Å²) in [4.78, 5) is 9.97. The van der Waals surface area contributed by atoms with Crippen LogP contribution in [0.25, 0.3) is 21.5 Å². The van der Waals surface area contributed by atoms with E-state index >= 15 is 0 Å². The smallest absolute Gasteiger partial charge is 0.243 e. The number of aromatic nitrogens is 2. The highest BCUT2D eigenvalue weighted by atomic mass is 32.2. The average Bonchev–Trinajstić information content (AvgIpc) is 3.07. The lowest BCUT2D eigenvalue weighted by Crippen LogP contribution is -2.23. The zero-order valence-corrected chi connectivity index (χ0v) is 17.1. The number of thiazole rings is 1. The second-order valence-corrected chi connectivity index (χ2v) is 9.32. The minimum absolute atomic E-state index is 0.187. The largest absolute Gasteiger partial charge is 0.255 e. The molecule has 7 heteroatoms. The molecule has 4 rings (SSSR count). The van der Waals surface area contributed by atoms with Gasteiger partial charge in [-0.05, 0) is 31.5 Å². The summed E-state index contributed by atoms with van der Waals surface area (Å²) in [5.74, 6) is 0. The number of nitrogens with one attached hydrogen (secondary N) is 1. The van der Waals surface area contributed by atoms with E-state index in [1.54, 1.807) is 24.4 Å². The summed E-state index contributed by atoms with van der Waals surface area (Å²) >= 11 is 1.51. The van der Waals surface area contributed by atoms with Crippen LogP contribution in [0, 0.1) is 13.8 Å². The van der Waals surface area contributed by atoms with Crippen LogP contribution < -0.4 is 4.72 Å². The maximum absolute atomic E-state index is 12.9. The predicted molar refractivity (Wildman–Crippen MR) is 113 cm³/mol. The lowest BCUT2D eigenvalue weighted by molar-refractivity contribution is 0.582. The van der Waals surface area contributed by atoms with Crippen LogP contribution in [-0.4, -0.2) is 18.4 Å². The Balaban J connectivity index is 1.62. The Labute approximate surface area is 168 Å². The first-order valence-electron chi connectivity index (χ1n) is 8.81. The number of fused-ring (bicyclic) bond motifs is 1. The minimum atomic E-state index is -3.70. The number of pyridine rings is 1. The molecule has 0 amide bonds. The SMILES string of the molecule is Cc1ccccc1-c1nc(C)c(CNS(=O)(=O)c2cccc3cccnc23)s1. The van der Waals surface area contributed by atoms with Crippen LogP contribution in [0.1, 0.15) is 16.1 Å². The van der Waals surface area contributed by atoms with Gasteiger partial charge < -0.3 is 0 Å². The van der Waals surface area contributed by atoms with Crippen LogP contribution in [0.15, 0.2) is 65.7 Å². The molecule has 0 radical (unpaired) electrons. The molecule has 0 aliphatic heterocycles. The standard InChI is InChI=1S/C21H19N3O2S2/c1-14-7-3-4-10-17(14)21-24-15(2)18(27-21)13-23-28(25,26)19-11-5-8-16-9-6-12-22-20(16)19/h3-12,23H,13H2,1-2H3. The number of nitrogens with zero attached hydrogens (tertiary/aromatic N) is 2. The number of benzene rings is 2. The van der Waals surface area contributed by atoms with E-state index in [9.17, 15) is 8.42 Å². The van der Waals surface area contributed by atoms with Crippen molar-refractivity contribution < 1.29 is 8.42 Å². The van der Waals surface area contributed by atoms with Crippen molar-refractivity contribution in [1.82, 2.24) is 14.7 Å². The fourth-order valence-corrected chi connectivity index (χ4v) is 5.41. The summed E-state index contributed by atoms with van der Waals surface area (Å²) in [6, 6.07) is 16.8. The zero-order valence-electron chi connectivity index (χ0n) is 15.5. The van der Waals surface area contributed by atoms with Gasteiger partial charge in [-0.1, -0.05) is 42.5 Å². The van der Waals surface area contributed by atoms with Crippen molar-refractivity contribution in [2.75, 3.05) is 0 Å². The lowest BCUT2D eigenvalue weighted by Gasteiger charge is -2.08. The Hall–Kier alpha value is -2.61. The molecular weight excluding hydrogens is 390 g/mol. The fraction of sp³-hybridized carbons (Fsp3) is 0.143. The maximum atomic E-state index is 12.9. The summed E-state index contributed by atoms with van der Waals surface area (Å²) in [6.45, 7) is 4.14. The molecular formula is C21H19N3O2S2. The number of rotatable bonds is 5. The molecule has 0 atom stereocenters. The number of aryl methyl sites for hydroxylation is 2. The second kappa shape index (κ2) is 7.43. The molecule has 1 N–H and O–H groups in total. The van der Waals surface area contributed by atoms with Gasteiger partial charge in [0.1, 0.15) is 9.90 Å². The second-order valence-electron chi connectivity index (χ2n) is 6.50. The third kappa shape index (κ3) is 3.56. The fourth-order valence-electron chi connectivity index (χ4n) is 3.05. The summed E-state index contributed by atoms with van der Waals surface area (Å²) in [7, 11) is -3.70. The van der Waals surface area contributed by atoms with E-state index < -0.39 is 10.0 Å². The monoisotopic (exact) mass is 409 g/mol. The van der Waals surface area contributed by atoms with Gasteiger partial charge in [0.15, 0.2) is 0 Å². The number of para-hydroxylation sites is 1. The van der Waals surface area contributed by atoms with E-state index in [4.69, 9.17) is 0 Å². The van der Waals surface area contributed by atoms with E-state index in [1.807, 2.05) is 50.2 Å². The van der Waals surface area contributed by atoms with Gasteiger partial charge in [0.05, 0.1) is 11.2 Å². The van der Waals surface area contributed by atoms with Gasteiger partial charge in [-0.15, -0.1) is 11.3 Å². The van der Waals surface area contributed by atoms with E-state index in [0.717, 1.165) is 32.1 Å². The van der Waals surface area contributed by atoms with Crippen LogP contribution in [0.4, 0.5) is 0 Å². The first-order valence-corrected chi connectivity index (χ1v) is 11.1. The lowest BCUT2D eigenvalue weighted by atomic mass is 10.1. The Bertz CT molecular complexity index is 1260. The molecule has 0 unspecified atom stereocenters. The molecule has 2 aromatic carbocycles. The Kier molecular flexibility index (Phi) is 4.97. The molecule has 4 aromatic rings. The first-order chi connectivity index (χ1) is 13.5. The van der Waals surface area contributed by atoms with Crippen LogP contribution >= 0.6 is 11.3 Å². The third-order valence-corrected chi connectivity index (χ3v) is 7.20. The molecule has 0 saturated carbocycles. The highest BCUT2D eigenvalue weighted by Gasteiger charge is 2.19. The Morgan fingerprint density at radius 1 is 1.00 bits per heavy atom. The number of hydrogen-bond donors (Lipinski definition) is 1. The molecule has 0 bridgehead atoms. The Morgan fingerprint density at radius 3 is 2.61 bits per heavy atom. The highest BCUT2D eigenvalue weighted by Crippen LogP contribution is 2.30. The summed E-state index contributed by atoms with van der Waals surface area (Å²) in [6.07, 6.45) is 1.60. The molecule has 0 saturated heterocycles. The molecule has 0 fully saturated rings. The van der Waals surface area contributed by atoms with E-state index in [-0.39, 0.29) is 11.4 Å². The molecule has 0 spiro atoms. The van der Waals surface area contributed by atoms with Gasteiger partial charge in [-0.3, -0.25) is 4.98 Å². The molecule has 0 aliphatic rings. The van der Waals surface area contributed by atoms with Gasteiger partial charge in [0, 0.05) is 28.6 Å². The van der Waals surface area contributed by atoms with E-state index in [2.05, 4.69) is 14.7 Å². The van der Waals surface area contributed by atoms with Gasteiger partial charge in [-0.25, -0.2) is 18.1 Å². The molecule has 0 aliphatic carbocycles. The maximum Gasteiger partial charge on any atom is 0.243 e. The summed E-state index contributed by atoms with van der Waals surface area (Å²) < 4.78 is 28.5. The Morgan fingerprint density at radius 2 is 1.79 bits per heavy atom. The van der Waals surface area contributed by atoms with Crippen molar-refractivity contribution in [3.8, 4) is 10.6 Å². The van der Waals surface area contributed by atoms with Crippen molar-refractivity contribution in [3.05, 3.63) is 76.9 Å². The van der Waals surface area contributed by atoms with Crippen LogP contribution in [-0.2, 0) is 16.6 Å². The number of hydrogen-bond acceptors (Lipinski definition) is 5. The minimum Gasteiger partial charge on any atom is -0.255 e. The van der Waals surface area contributed by atoms with E-state index in [0.29, 0.717) is 5.52 Å². The molecule has 2 aromatic heterocycles. The van der Waals surface area contributed by atoms with Crippen LogP contribution in [0.3, 0.4) is 0 Å². The van der Waals surface area contributed by atoms with Crippen molar-refractivity contribution in [2.24, 2.45) is 0 Å². The van der Waals surface area contributed by atoms with Crippen molar-refractivity contribution in [3.63, 3.8) is 0 Å². The van der Waals surface area contributed by atoms with Crippen molar-refractivity contribution >= 4 is 32.3 Å². The van der Waals surface area contributed by atoms with E-state index in [1.165, 1.54) is 11.3 Å². The third-order valence-electron chi connectivity index (χ3n) is 4.58. The predicted octanol–water partition coefficient (Wildman–Crippen LogP) is 4.45. The van der Waals surface area contributed by atoms with Crippen molar-refractivity contribution in [2.45, 2.75) is 25.3 Å². The zero-order chi connectivity index (χ0) is 19.7. The van der Waals surface area contributed by atoms with Gasteiger partial charge in [-0.2, -0.15) is 0 Å². The first kappa shape index (κ1) is 18.7. The van der Waals surface area contributed by atoms with Gasteiger partial charge in [0.25, 0.3) is 0 Å². The van der Waals surface area contributed by atoms with Crippen LogP contribution in [0.2, 0.25) is 0 Å². The molecule has 142 valence electrons. The van der Waals surface area contributed by atoms with Gasteiger partial charge in [0.2, 0.25) is 10.0 Å². The summed E-state index contributed by atoms with van der Waals surface area (Å²) in [5.41, 5.74) is 3.52. The van der Waals surface area contributed by atoms with Crippen LogP contribution in [0.5, 0.6) is 0 Å². The van der Waals surface area contributed by atoms with Gasteiger partial charge >= 0.3 is 0 Å². The average molecular weight is 410 g/mol. The topological polar surface area (TPSA) is 72.0 Å². The highest BCUT2D eigenvalue weighted by molar-refractivity contribution is 7.89. The number of sulfonamides is 1. The normalized spacial score (nSPS) is 11.8. The molecule has 5 nitrogen and oxygen atoms in total. The summed E-state index contributed by atoms with van der Waals surface area (Å²) in [5, 5.41) is 1.69. The van der Waals surface area contributed by atoms with Crippen molar-refractivity contribution in [1.29, 1.82) is 0 Å². The quantitative estimate of drug-likeness (QED) is 0.528. The molecule has 2 heterocycles.